The van der Waals surface area contributed by atoms with Crippen molar-refractivity contribution in [1.29, 1.82) is 0 Å². The fourth-order valence-electron chi connectivity index (χ4n) is 1.48. The van der Waals surface area contributed by atoms with E-state index in [4.69, 9.17) is 14.5 Å². The first-order chi connectivity index (χ1) is 7.56. The first-order valence-electron chi connectivity index (χ1n) is 4.71. The molecule has 0 spiro atoms. The number of rotatable bonds is 3. The summed E-state index contributed by atoms with van der Waals surface area (Å²) in [5.41, 5.74) is 0. The topological polar surface area (TPSA) is 66.8 Å². The zero-order valence-corrected chi connectivity index (χ0v) is 9.30. The van der Waals surface area contributed by atoms with Crippen molar-refractivity contribution in [2.75, 3.05) is 6.35 Å². The van der Waals surface area contributed by atoms with Crippen LogP contribution in [0.5, 0.6) is 5.75 Å². The molecule has 2 rings (SSSR count). The molecule has 0 aliphatic carbocycles. The lowest BCUT2D eigenvalue weighted by Crippen LogP contribution is -1.98. The molecule has 0 saturated carbocycles. The molecule has 0 aromatic heterocycles. The van der Waals surface area contributed by atoms with Gasteiger partial charge in [-0.25, -0.2) is 0 Å². The van der Waals surface area contributed by atoms with Crippen LogP contribution in [-0.4, -0.2) is 16.1 Å². The Bertz CT molecular complexity index is 541. The summed E-state index contributed by atoms with van der Waals surface area (Å²) in [6.07, 6.45) is -0.596. The first-order valence-corrected chi connectivity index (χ1v) is 6.51. The monoisotopic (exact) mass is 238 g/mol. The van der Waals surface area contributed by atoms with E-state index < -0.39 is 13.9 Å². The lowest BCUT2D eigenvalue weighted by Gasteiger charge is -2.09. The quantitative estimate of drug-likeness (QED) is 0.805. The molecule has 0 amide bonds. The van der Waals surface area contributed by atoms with Crippen LogP contribution < -0.4 is 4.74 Å². The minimum absolute atomic E-state index is 0.487. The average molecular weight is 238 g/mol. The second kappa shape index (κ2) is 4.26. The van der Waals surface area contributed by atoms with Crippen LogP contribution in [0.25, 0.3) is 10.8 Å². The number of hydrogen-bond acceptors (Lipinski definition) is 2. The molecule has 0 unspecified atom stereocenters. The minimum atomic E-state index is -4.13. The van der Waals surface area contributed by atoms with Gasteiger partial charge in [-0.3, -0.25) is 4.57 Å². The molecule has 5 heteroatoms. The van der Waals surface area contributed by atoms with Crippen molar-refractivity contribution in [3.05, 3.63) is 42.5 Å². The van der Waals surface area contributed by atoms with E-state index in [0.29, 0.717) is 5.75 Å². The summed E-state index contributed by atoms with van der Waals surface area (Å²) in [6.45, 7) is 0. The van der Waals surface area contributed by atoms with E-state index in [2.05, 4.69) is 0 Å². The normalized spacial score (nSPS) is 11.6. The van der Waals surface area contributed by atoms with Crippen molar-refractivity contribution in [2.24, 2.45) is 0 Å². The van der Waals surface area contributed by atoms with Crippen LogP contribution in [0, 0.1) is 0 Å². The van der Waals surface area contributed by atoms with E-state index in [1.54, 1.807) is 12.1 Å². The lowest BCUT2D eigenvalue weighted by molar-refractivity contribution is 0.302. The molecule has 0 radical (unpaired) electrons. The summed E-state index contributed by atoms with van der Waals surface area (Å²) in [4.78, 5) is 17.5. The third-order valence-corrected chi connectivity index (χ3v) is 2.60. The third kappa shape index (κ3) is 2.61. The van der Waals surface area contributed by atoms with Crippen LogP contribution in [0.2, 0.25) is 0 Å². The summed E-state index contributed by atoms with van der Waals surface area (Å²) in [5, 5.41) is 1.82. The molecule has 0 fully saturated rings. The fourth-order valence-corrected chi connectivity index (χ4v) is 1.78. The van der Waals surface area contributed by atoms with E-state index in [1.165, 1.54) is 0 Å². The second-order valence-electron chi connectivity index (χ2n) is 3.42. The predicted octanol–water partition coefficient (Wildman–Crippen LogP) is 2.35. The van der Waals surface area contributed by atoms with Crippen molar-refractivity contribution in [1.82, 2.24) is 0 Å². The van der Waals surface area contributed by atoms with Crippen molar-refractivity contribution >= 4 is 18.4 Å². The smallest absolute Gasteiger partial charge is 0.362 e. The average Bonchev–Trinajstić information content (AvgIpc) is 2.25. The van der Waals surface area contributed by atoms with Gasteiger partial charge in [-0.05, 0) is 11.5 Å². The highest BCUT2D eigenvalue weighted by Gasteiger charge is 2.14. The summed E-state index contributed by atoms with van der Waals surface area (Å²) in [7, 11) is -4.13. The zero-order valence-electron chi connectivity index (χ0n) is 8.41. The van der Waals surface area contributed by atoms with Gasteiger partial charge in [0.25, 0.3) is 0 Å². The maximum absolute atomic E-state index is 10.7. The highest BCUT2D eigenvalue weighted by molar-refractivity contribution is 7.51. The Balaban J connectivity index is 2.34. The molecule has 0 saturated heterocycles. The van der Waals surface area contributed by atoms with E-state index >= 15 is 0 Å². The van der Waals surface area contributed by atoms with Gasteiger partial charge >= 0.3 is 7.60 Å². The number of hydrogen-bond donors (Lipinski definition) is 2. The molecule has 4 nitrogen and oxygen atoms in total. The van der Waals surface area contributed by atoms with Crippen molar-refractivity contribution < 1.29 is 19.1 Å². The Kier molecular flexibility index (Phi) is 2.97. The maximum Gasteiger partial charge on any atom is 0.362 e. The van der Waals surface area contributed by atoms with Crippen molar-refractivity contribution in [2.45, 2.75) is 0 Å². The van der Waals surface area contributed by atoms with Crippen LogP contribution in [0.3, 0.4) is 0 Å². The van der Waals surface area contributed by atoms with Crippen LogP contribution in [0.15, 0.2) is 42.5 Å². The summed E-state index contributed by atoms with van der Waals surface area (Å²) < 4.78 is 15.8. The first kappa shape index (κ1) is 11.1. The van der Waals surface area contributed by atoms with Crippen LogP contribution in [0.1, 0.15) is 0 Å². The van der Waals surface area contributed by atoms with Crippen LogP contribution in [0.4, 0.5) is 0 Å². The van der Waals surface area contributed by atoms with Gasteiger partial charge in [0, 0.05) is 5.39 Å². The molecule has 0 atom stereocenters. The minimum Gasteiger partial charge on any atom is -0.480 e. The van der Waals surface area contributed by atoms with Gasteiger partial charge in [0.2, 0.25) is 0 Å². The van der Waals surface area contributed by atoms with E-state index in [0.717, 1.165) is 10.8 Å². The summed E-state index contributed by atoms with van der Waals surface area (Å²) in [5.74, 6) is 0.487. The maximum atomic E-state index is 10.7. The Morgan fingerprint density at radius 2 is 1.75 bits per heavy atom. The Hall–Kier alpha value is -1.35. The van der Waals surface area contributed by atoms with E-state index in [9.17, 15) is 4.57 Å². The van der Waals surface area contributed by atoms with Gasteiger partial charge in [-0.15, -0.1) is 0 Å². The van der Waals surface area contributed by atoms with Gasteiger partial charge in [0.05, 0.1) is 0 Å². The van der Waals surface area contributed by atoms with E-state index in [1.807, 2.05) is 30.3 Å². The molecule has 84 valence electrons. The Labute approximate surface area is 92.6 Å². The highest BCUT2D eigenvalue weighted by atomic mass is 31.2. The molecule has 2 aromatic rings. The van der Waals surface area contributed by atoms with Gasteiger partial charge in [0.1, 0.15) is 5.75 Å². The molecule has 2 aromatic carbocycles. The highest BCUT2D eigenvalue weighted by Crippen LogP contribution is 2.36. The van der Waals surface area contributed by atoms with Crippen molar-refractivity contribution in [3.63, 3.8) is 0 Å². The third-order valence-electron chi connectivity index (χ3n) is 2.14. The molecular weight excluding hydrogens is 227 g/mol. The molecule has 16 heavy (non-hydrogen) atoms. The standard InChI is InChI=1S/C11H11O4P/c12-16(13,14)8-15-11-7-3-5-9-4-1-2-6-10(9)11/h1-7H,8H2,(H2,12,13,14). The predicted molar refractivity (Wildman–Crippen MR) is 61.5 cm³/mol. The molecule has 0 bridgehead atoms. The lowest BCUT2D eigenvalue weighted by atomic mass is 10.1. The molecule has 0 aliphatic rings. The molecule has 0 heterocycles. The van der Waals surface area contributed by atoms with Gasteiger partial charge in [0.15, 0.2) is 6.35 Å². The van der Waals surface area contributed by atoms with Gasteiger partial charge in [-0.1, -0.05) is 36.4 Å². The Morgan fingerprint density at radius 3 is 2.50 bits per heavy atom. The summed E-state index contributed by atoms with van der Waals surface area (Å²) in [6, 6.07) is 12.9. The van der Waals surface area contributed by atoms with Crippen LogP contribution in [-0.2, 0) is 4.57 Å². The number of benzene rings is 2. The number of fused-ring (bicyclic) bond motifs is 1. The molecule has 0 aliphatic heterocycles. The van der Waals surface area contributed by atoms with Gasteiger partial charge < -0.3 is 14.5 Å². The van der Waals surface area contributed by atoms with Crippen molar-refractivity contribution in [3.8, 4) is 5.75 Å². The number of ether oxygens (including phenoxy) is 1. The largest absolute Gasteiger partial charge is 0.480 e. The van der Waals surface area contributed by atoms with Gasteiger partial charge in [-0.2, -0.15) is 0 Å². The summed E-state index contributed by atoms with van der Waals surface area (Å²) >= 11 is 0. The SMILES string of the molecule is O=P(O)(O)COc1cccc2ccccc12. The fraction of sp³-hybridized carbons (Fsp3) is 0.0909. The van der Waals surface area contributed by atoms with Crippen LogP contribution >= 0.6 is 7.60 Å². The molecular formula is C11H11O4P. The second-order valence-corrected chi connectivity index (χ2v) is 5.00. The zero-order chi connectivity index (χ0) is 11.6. The Morgan fingerprint density at radius 1 is 1.06 bits per heavy atom. The molecule has 2 N–H and O–H groups in total. The van der Waals surface area contributed by atoms with E-state index in [-0.39, 0.29) is 0 Å².